The fraction of sp³-hybridized carbons (Fsp3) is 0.304. The zero-order valence-corrected chi connectivity index (χ0v) is 17.2. The minimum Gasteiger partial charge on any atom is -0.340 e. The highest BCUT2D eigenvalue weighted by atomic mass is 16.2. The van der Waals surface area contributed by atoms with Crippen LogP contribution in [0.4, 0.5) is 0 Å². The summed E-state index contributed by atoms with van der Waals surface area (Å²) in [7, 11) is 0. The van der Waals surface area contributed by atoms with Crippen molar-refractivity contribution in [3.63, 3.8) is 0 Å². The number of nitrogens with zero attached hydrogens (tertiary/aromatic N) is 6. The molecule has 5 rings (SSSR count). The van der Waals surface area contributed by atoms with Gasteiger partial charge in [-0.15, -0.1) is 0 Å². The van der Waals surface area contributed by atoms with E-state index < -0.39 is 0 Å². The summed E-state index contributed by atoms with van der Waals surface area (Å²) in [4.78, 5) is 38.3. The fourth-order valence-electron chi connectivity index (χ4n) is 4.13. The third-order valence-corrected chi connectivity index (χ3v) is 5.90. The monoisotopic (exact) mass is 416 g/mol. The predicted octanol–water partition coefficient (Wildman–Crippen LogP) is 1.78. The van der Waals surface area contributed by atoms with E-state index in [1.54, 1.807) is 6.07 Å². The Morgan fingerprint density at radius 2 is 1.77 bits per heavy atom. The van der Waals surface area contributed by atoms with Crippen LogP contribution < -0.4 is 5.56 Å². The molecule has 1 amide bonds. The summed E-state index contributed by atoms with van der Waals surface area (Å²) in [5, 5.41) is 0.582. The Balaban J connectivity index is 1.16. The first kappa shape index (κ1) is 19.4. The van der Waals surface area contributed by atoms with Crippen molar-refractivity contribution in [3.8, 4) is 0 Å². The van der Waals surface area contributed by atoms with Crippen molar-refractivity contribution >= 4 is 22.5 Å². The van der Waals surface area contributed by atoms with Crippen molar-refractivity contribution < 1.29 is 4.79 Å². The van der Waals surface area contributed by atoms with Gasteiger partial charge in [-0.1, -0.05) is 18.2 Å². The number of hydrogen-bond donors (Lipinski definition) is 0. The number of pyridine rings is 1. The summed E-state index contributed by atoms with van der Waals surface area (Å²) in [5.41, 5.74) is 2.68. The van der Waals surface area contributed by atoms with Crippen LogP contribution in [-0.2, 0) is 17.9 Å². The standard InChI is InChI=1S/C23H24N6O2/c30-22(8-10-28-17-25-20-6-2-1-5-19(20)23(28)31)27-13-11-26(12-14-27)16-18-15-24-21-7-3-4-9-29(18)21/h1-7,9,15,17H,8,10-14,16H2. The van der Waals surface area contributed by atoms with Crippen molar-refractivity contribution in [1.82, 2.24) is 28.7 Å². The maximum Gasteiger partial charge on any atom is 0.261 e. The number of piperazine rings is 1. The number of benzene rings is 1. The second kappa shape index (κ2) is 8.31. The molecule has 1 aliphatic heterocycles. The zero-order valence-electron chi connectivity index (χ0n) is 17.2. The van der Waals surface area contributed by atoms with Crippen molar-refractivity contribution in [3.05, 3.63) is 77.2 Å². The van der Waals surface area contributed by atoms with E-state index in [1.165, 1.54) is 10.9 Å². The van der Waals surface area contributed by atoms with Gasteiger partial charge in [-0.3, -0.25) is 19.1 Å². The second-order valence-corrected chi connectivity index (χ2v) is 7.85. The van der Waals surface area contributed by atoms with Crippen LogP contribution in [0.3, 0.4) is 0 Å². The summed E-state index contributed by atoms with van der Waals surface area (Å²) in [6.07, 6.45) is 5.78. The molecule has 31 heavy (non-hydrogen) atoms. The minimum absolute atomic E-state index is 0.0783. The Bertz CT molecular complexity index is 1290. The van der Waals surface area contributed by atoms with Gasteiger partial charge in [0.05, 0.1) is 29.1 Å². The average molecular weight is 416 g/mol. The van der Waals surface area contributed by atoms with E-state index in [9.17, 15) is 9.59 Å². The molecule has 8 heteroatoms. The van der Waals surface area contributed by atoms with Gasteiger partial charge in [0, 0.05) is 51.9 Å². The summed E-state index contributed by atoms with van der Waals surface area (Å²) >= 11 is 0. The molecule has 1 aliphatic rings. The molecule has 1 fully saturated rings. The maximum absolute atomic E-state index is 12.7. The van der Waals surface area contributed by atoms with E-state index in [2.05, 4.69) is 19.3 Å². The van der Waals surface area contributed by atoms with Crippen LogP contribution in [0.1, 0.15) is 12.1 Å². The van der Waals surface area contributed by atoms with Gasteiger partial charge in [-0.05, 0) is 24.3 Å². The summed E-state index contributed by atoms with van der Waals surface area (Å²) in [5.74, 6) is 0.0783. The van der Waals surface area contributed by atoms with Crippen LogP contribution in [0.2, 0.25) is 0 Å². The van der Waals surface area contributed by atoms with Gasteiger partial charge in [0.2, 0.25) is 5.91 Å². The smallest absolute Gasteiger partial charge is 0.261 e. The number of carbonyl (C=O) groups is 1. The molecule has 158 valence electrons. The molecule has 0 atom stereocenters. The lowest BCUT2D eigenvalue weighted by atomic mass is 10.2. The third kappa shape index (κ3) is 3.94. The van der Waals surface area contributed by atoms with E-state index in [0.29, 0.717) is 37.0 Å². The number of aryl methyl sites for hydroxylation is 1. The molecule has 4 heterocycles. The van der Waals surface area contributed by atoms with Gasteiger partial charge >= 0.3 is 0 Å². The lowest BCUT2D eigenvalue weighted by Gasteiger charge is -2.34. The summed E-state index contributed by atoms with van der Waals surface area (Å²) in [6, 6.07) is 13.3. The first-order valence-corrected chi connectivity index (χ1v) is 10.5. The molecule has 0 spiro atoms. The normalized spacial score (nSPS) is 15.0. The molecule has 0 radical (unpaired) electrons. The number of hydrogen-bond acceptors (Lipinski definition) is 5. The number of amides is 1. The Morgan fingerprint density at radius 1 is 0.968 bits per heavy atom. The van der Waals surface area contributed by atoms with E-state index in [1.807, 2.05) is 53.7 Å². The Labute approximate surface area is 179 Å². The first-order chi connectivity index (χ1) is 15.2. The zero-order chi connectivity index (χ0) is 21.2. The van der Waals surface area contributed by atoms with Crippen LogP contribution in [0.25, 0.3) is 16.6 Å². The van der Waals surface area contributed by atoms with Gasteiger partial charge in [0.1, 0.15) is 5.65 Å². The Kier molecular flexibility index (Phi) is 5.21. The van der Waals surface area contributed by atoms with Crippen LogP contribution in [-0.4, -0.2) is 60.8 Å². The van der Waals surface area contributed by atoms with Crippen LogP contribution in [0.15, 0.2) is 66.0 Å². The predicted molar refractivity (Wildman–Crippen MR) is 118 cm³/mol. The number of imidazole rings is 1. The SMILES string of the molecule is O=C(CCn1cnc2ccccc2c1=O)N1CCN(Cc2cnc3ccccn23)CC1. The number of aromatic nitrogens is 4. The van der Waals surface area contributed by atoms with E-state index in [0.717, 1.165) is 31.0 Å². The summed E-state index contributed by atoms with van der Waals surface area (Å²) in [6.45, 7) is 4.19. The number of carbonyl (C=O) groups excluding carboxylic acids is 1. The van der Waals surface area contributed by atoms with Gasteiger partial charge < -0.3 is 9.30 Å². The molecule has 4 aromatic rings. The third-order valence-electron chi connectivity index (χ3n) is 5.90. The molecule has 1 saturated heterocycles. The number of rotatable bonds is 5. The Hall–Kier alpha value is -3.52. The van der Waals surface area contributed by atoms with Crippen molar-refractivity contribution in [2.45, 2.75) is 19.5 Å². The number of fused-ring (bicyclic) bond motifs is 2. The summed E-state index contributed by atoms with van der Waals surface area (Å²) < 4.78 is 3.63. The highest BCUT2D eigenvalue weighted by Gasteiger charge is 2.22. The van der Waals surface area contributed by atoms with Crippen LogP contribution in [0, 0.1) is 0 Å². The Morgan fingerprint density at radius 3 is 2.65 bits per heavy atom. The lowest BCUT2D eigenvalue weighted by Crippen LogP contribution is -2.48. The molecular formula is C23H24N6O2. The molecule has 0 bridgehead atoms. The topological polar surface area (TPSA) is 75.7 Å². The van der Waals surface area contributed by atoms with E-state index >= 15 is 0 Å². The van der Waals surface area contributed by atoms with Crippen LogP contribution in [0.5, 0.6) is 0 Å². The van der Waals surface area contributed by atoms with Gasteiger partial charge in [-0.25, -0.2) is 9.97 Å². The van der Waals surface area contributed by atoms with Crippen molar-refractivity contribution in [2.24, 2.45) is 0 Å². The van der Waals surface area contributed by atoms with Crippen LogP contribution >= 0.6 is 0 Å². The molecule has 0 N–H and O–H groups in total. The molecule has 3 aromatic heterocycles. The largest absolute Gasteiger partial charge is 0.340 e. The fourth-order valence-corrected chi connectivity index (χ4v) is 4.13. The molecule has 8 nitrogen and oxygen atoms in total. The maximum atomic E-state index is 12.7. The van der Waals surface area contributed by atoms with Gasteiger partial charge in [0.25, 0.3) is 5.56 Å². The van der Waals surface area contributed by atoms with E-state index in [4.69, 9.17) is 0 Å². The average Bonchev–Trinajstić information content (AvgIpc) is 3.22. The molecule has 0 aliphatic carbocycles. The quantitative estimate of drug-likeness (QED) is 0.496. The molecule has 0 unspecified atom stereocenters. The lowest BCUT2D eigenvalue weighted by molar-refractivity contribution is -0.133. The number of para-hydroxylation sites is 1. The molecule has 1 aromatic carbocycles. The van der Waals surface area contributed by atoms with Gasteiger partial charge in [-0.2, -0.15) is 0 Å². The highest BCUT2D eigenvalue weighted by molar-refractivity contribution is 5.77. The second-order valence-electron chi connectivity index (χ2n) is 7.85. The van der Waals surface area contributed by atoms with Crippen molar-refractivity contribution in [1.29, 1.82) is 0 Å². The van der Waals surface area contributed by atoms with E-state index in [-0.39, 0.29) is 11.5 Å². The molecular weight excluding hydrogens is 392 g/mol. The van der Waals surface area contributed by atoms with Gasteiger partial charge in [0.15, 0.2) is 0 Å². The van der Waals surface area contributed by atoms with Crippen molar-refractivity contribution in [2.75, 3.05) is 26.2 Å². The highest BCUT2D eigenvalue weighted by Crippen LogP contribution is 2.12. The molecule has 0 saturated carbocycles. The first-order valence-electron chi connectivity index (χ1n) is 10.5. The minimum atomic E-state index is -0.101.